The molecule has 2 aromatic carbocycles. The second-order valence-electron chi connectivity index (χ2n) is 5.89. The molecule has 0 unspecified atom stereocenters. The van der Waals surface area contributed by atoms with E-state index in [9.17, 15) is 14.9 Å². The van der Waals surface area contributed by atoms with Crippen LogP contribution in [-0.2, 0) is 0 Å². The molecule has 0 aliphatic carbocycles. The van der Waals surface area contributed by atoms with Crippen molar-refractivity contribution in [2.75, 3.05) is 11.4 Å². The molecule has 0 radical (unpaired) electrons. The number of aryl methyl sites for hydroxylation is 1. The van der Waals surface area contributed by atoms with Gasteiger partial charge in [0.2, 0.25) is 0 Å². The van der Waals surface area contributed by atoms with Crippen LogP contribution < -0.4 is 4.90 Å². The fourth-order valence-electron chi connectivity index (χ4n) is 2.59. The van der Waals surface area contributed by atoms with E-state index >= 15 is 0 Å². The van der Waals surface area contributed by atoms with E-state index in [4.69, 9.17) is 0 Å². The molecular weight excluding hydrogens is 362 g/mol. The van der Waals surface area contributed by atoms with Crippen LogP contribution in [0.1, 0.15) is 15.9 Å². The summed E-state index contributed by atoms with van der Waals surface area (Å²) < 4.78 is 0. The van der Waals surface area contributed by atoms with Crippen molar-refractivity contribution in [3.63, 3.8) is 0 Å². The molecule has 1 aromatic heterocycles. The summed E-state index contributed by atoms with van der Waals surface area (Å²) in [5.41, 5.74) is 3.03. The van der Waals surface area contributed by atoms with Gasteiger partial charge in [-0.25, -0.2) is 4.98 Å². The number of amides is 1. The Bertz CT molecular complexity index is 996. The van der Waals surface area contributed by atoms with Gasteiger partial charge < -0.3 is 0 Å². The first-order valence-corrected chi connectivity index (χ1v) is 9.07. The van der Waals surface area contributed by atoms with Crippen molar-refractivity contribution in [1.29, 1.82) is 0 Å². The van der Waals surface area contributed by atoms with Crippen molar-refractivity contribution in [1.82, 2.24) is 4.98 Å². The topological polar surface area (TPSA) is 76.3 Å². The maximum atomic E-state index is 12.9. The van der Waals surface area contributed by atoms with E-state index in [1.807, 2.05) is 30.5 Å². The molecule has 0 saturated carbocycles. The molecule has 0 fully saturated rings. The van der Waals surface area contributed by atoms with E-state index in [0.717, 1.165) is 11.1 Å². The highest BCUT2D eigenvalue weighted by atomic mass is 32.1. The van der Waals surface area contributed by atoms with Crippen LogP contribution in [0.5, 0.6) is 0 Å². The van der Waals surface area contributed by atoms with E-state index in [1.54, 1.807) is 29.2 Å². The maximum absolute atomic E-state index is 12.9. The summed E-state index contributed by atoms with van der Waals surface area (Å²) >= 11 is 1.34. The number of nitrogens with zero attached hydrogens (tertiary/aromatic N) is 3. The monoisotopic (exact) mass is 379 g/mol. The summed E-state index contributed by atoms with van der Waals surface area (Å²) in [5.74, 6) is -0.150. The Morgan fingerprint density at radius 1 is 1.30 bits per heavy atom. The van der Waals surface area contributed by atoms with E-state index in [1.165, 1.54) is 23.5 Å². The molecule has 3 rings (SSSR count). The van der Waals surface area contributed by atoms with Gasteiger partial charge in [0.25, 0.3) is 11.6 Å². The summed E-state index contributed by atoms with van der Waals surface area (Å²) in [4.78, 5) is 29.4. The quantitative estimate of drug-likeness (QED) is 0.348. The number of carbonyl (C=O) groups excluding carboxylic acids is 1. The number of hydrogen-bond acceptors (Lipinski definition) is 5. The number of anilines is 1. The lowest BCUT2D eigenvalue weighted by molar-refractivity contribution is -0.384. The predicted molar refractivity (Wildman–Crippen MR) is 107 cm³/mol. The smallest absolute Gasteiger partial charge is 0.269 e. The van der Waals surface area contributed by atoms with Gasteiger partial charge >= 0.3 is 0 Å². The zero-order valence-electron chi connectivity index (χ0n) is 14.7. The number of hydrogen-bond donors (Lipinski definition) is 0. The van der Waals surface area contributed by atoms with Crippen molar-refractivity contribution in [3.05, 3.63) is 87.8 Å². The Hall–Kier alpha value is -3.32. The first-order valence-electron chi connectivity index (χ1n) is 8.19. The van der Waals surface area contributed by atoms with E-state index < -0.39 is 4.92 Å². The standard InChI is InChI=1S/C20H17N3O3S/c1-3-11-22(19(24)16-6-4-5-14(2)12-16)20-21-18(13-27-20)15-7-9-17(10-8-15)23(25)26/h3-10,12-13H,1,11H2,2H3. The number of nitro benzene ring substituents is 1. The minimum absolute atomic E-state index is 0.0251. The van der Waals surface area contributed by atoms with Crippen molar-refractivity contribution < 1.29 is 9.72 Å². The molecular formula is C20H17N3O3S. The van der Waals surface area contributed by atoms with Gasteiger partial charge in [0.05, 0.1) is 10.6 Å². The van der Waals surface area contributed by atoms with Crippen LogP contribution in [0.4, 0.5) is 10.8 Å². The number of aromatic nitrogens is 1. The van der Waals surface area contributed by atoms with Gasteiger partial charge in [0, 0.05) is 35.2 Å². The second-order valence-corrected chi connectivity index (χ2v) is 6.73. The van der Waals surface area contributed by atoms with E-state index in [-0.39, 0.29) is 11.6 Å². The molecule has 27 heavy (non-hydrogen) atoms. The summed E-state index contributed by atoms with van der Waals surface area (Å²) in [6.07, 6.45) is 1.65. The van der Waals surface area contributed by atoms with Crippen LogP contribution in [0.25, 0.3) is 11.3 Å². The molecule has 3 aromatic rings. The Labute approximate surface area is 160 Å². The third-order valence-corrected chi connectivity index (χ3v) is 4.78. The fourth-order valence-corrected chi connectivity index (χ4v) is 3.43. The highest BCUT2D eigenvalue weighted by Gasteiger charge is 2.20. The number of non-ortho nitro benzene ring substituents is 1. The van der Waals surface area contributed by atoms with Gasteiger partial charge in [-0.05, 0) is 31.2 Å². The molecule has 0 aliphatic heterocycles. The highest BCUT2D eigenvalue weighted by Crippen LogP contribution is 2.29. The molecule has 7 heteroatoms. The van der Waals surface area contributed by atoms with E-state index in [0.29, 0.717) is 22.9 Å². The average molecular weight is 379 g/mol. The first-order chi connectivity index (χ1) is 13.0. The summed E-state index contributed by atoms with van der Waals surface area (Å²) in [7, 11) is 0. The molecule has 0 aliphatic rings. The lowest BCUT2D eigenvalue weighted by atomic mass is 10.1. The maximum Gasteiger partial charge on any atom is 0.269 e. The average Bonchev–Trinajstić information content (AvgIpc) is 3.15. The SMILES string of the molecule is C=CCN(C(=O)c1cccc(C)c1)c1nc(-c2ccc([N+](=O)[O-])cc2)cs1. The third-order valence-electron chi connectivity index (χ3n) is 3.92. The van der Waals surface area contributed by atoms with Crippen LogP contribution in [0.15, 0.2) is 66.6 Å². The van der Waals surface area contributed by atoms with E-state index in [2.05, 4.69) is 11.6 Å². The van der Waals surface area contributed by atoms with Crippen LogP contribution in [0.3, 0.4) is 0 Å². The third kappa shape index (κ3) is 4.09. The molecule has 1 amide bonds. The molecule has 136 valence electrons. The van der Waals surface area contributed by atoms with Gasteiger partial charge in [0.15, 0.2) is 5.13 Å². The Balaban J connectivity index is 1.90. The second kappa shape index (κ2) is 7.92. The van der Waals surface area contributed by atoms with Crippen LogP contribution in [0.2, 0.25) is 0 Å². The van der Waals surface area contributed by atoms with Crippen LogP contribution in [0, 0.1) is 17.0 Å². The molecule has 0 bridgehead atoms. The van der Waals surface area contributed by atoms with Gasteiger partial charge in [-0.3, -0.25) is 19.8 Å². The minimum atomic E-state index is -0.442. The molecule has 6 nitrogen and oxygen atoms in total. The molecule has 0 N–H and O–H groups in total. The predicted octanol–water partition coefficient (Wildman–Crippen LogP) is 4.86. The van der Waals surface area contributed by atoms with Gasteiger partial charge in [-0.2, -0.15) is 0 Å². The number of nitro groups is 1. The summed E-state index contributed by atoms with van der Waals surface area (Å²) in [6, 6.07) is 13.6. The molecule has 0 atom stereocenters. The zero-order valence-corrected chi connectivity index (χ0v) is 15.5. The highest BCUT2D eigenvalue weighted by molar-refractivity contribution is 7.14. The normalized spacial score (nSPS) is 10.4. The first kappa shape index (κ1) is 18.5. The number of benzene rings is 2. The Kier molecular flexibility index (Phi) is 5.42. The van der Waals surface area contributed by atoms with Gasteiger partial charge in [0.1, 0.15) is 0 Å². The lowest BCUT2D eigenvalue weighted by Crippen LogP contribution is -2.31. The van der Waals surface area contributed by atoms with Crippen LogP contribution in [-0.4, -0.2) is 22.4 Å². The largest absolute Gasteiger partial charge is 0.280 e. The lowest BCUT2D eigenvalue weighted by Gasteiger charge is -2.18. The van der Waals surface area contributed by atoms with Crippen molar-refractivity contribution in [2.24, 2.45) is 0 Å². The van der Waals surface area contributed by atoms with Gasteiger partial charge in [-0.1, -0.05) is 23.8 Å². The number of rotatable bonds is 6. The van der Waals surface area contributed by atoms with Crippen LogP contribution >= 0.6 is 11.3 Å². The van der Waals surface area contributed by atoms with Gasteiger partial charge in [-0.15, -0.1) is 17.9 Å². The van der Waals surface area contributed by atoms with Crippen molar-refractivity contribution in [3.8, 4) is 11.3 Å². The minimum Gasteiger partial charge on any atom is -0.280 e. The summed E-state index contributed by atoms with van der Waals surface area (Å²) in [6.45, 7) is 6.00. The molecule has 0 spiro atoms. The molecule has 0 saturated heterocycles. The zero-order chi connectivity index (χ0) is 19.4. The Morgan fingerprint density at radius 3 is 2.67 bits per heavy atom. The van der Waals surface area contributed by atoms with Crippen molar-refractivity contribution >= 4 is 28.1 Å². The molecule has 1 heterocycles. The Morgan fingerprint density at radius 2 is 2.04 bits per heavy atom. The summed E-state index contributed by atoms with van der Waals surface area (Å²) in [5, 5.41) is 13.2. The number of thiazole rings is 1. The van der Waals surface area contributed by atoms with Crippen molar-refractivity contribution in [2.45, 2.75) is 6.92 Å². The number of carbonyl (C=O) groups is 1. The fraction of sp³-hybridized carbons (Fsp3) is 0.100.